The van der Waals surface area contributed by atoms with Crippen molar-refractivity contribution in [2.24, 2.45) is 0 Å². The maximum atomic E-state index is 11.8. The average Bonchev–Trinajstić information content (AvgIpc) is 2.36. The summed E-state index contributed by atoms with van der Waals surface area (Å²) in [4.78, 5) is 23.5. The Hall–Kier alpha value is -2.04. The van der Waals surface area contributed by atoms with Gasteiger partial charge in [0.05, 0.1) is 12.5 Å². The minimum atomic E-state index is -0.911. The third kappa shape index (κ3) is 4.45. The number of nitrogens with zero attached hydrogens (tertiary/aromatic N) is 1. The maximum absolute atomic E-state index is 11.8. The molecule has 2 amide bonds. The second-order valence-corrected chi connectivity index (χ2v) is 4.15. The Morgan fingerprint density at radius 1 is 1.33 bits per heavy atom. The number of nitrogens with one attached hydrogen (secondary N) is 1. The van der Waals surface area contributed by atoms with Crippen molar-refractivity contribution in [3.63, 3.8) is 0 Å². The Morgan fingerprint density at radius 2 is 1.94 bits per heavy atom. The molecule has 0 aliphatic rings. The lowest BCUT2D eigenvalue weighted by Gasteiger charge is -2.21. The Kier molecular flexibility index (Phi) is 5.17. The second kappa shape index (κ2) is 6.64. The molecule has 1 atom stereocenters. The number of carboxylic acids is 1. The zero-order valence-corrected chi connectivity index (χ0v) is 10.6. The van der Waals surface area contributed by atoms with E-state index < -0.39 is 5.97 Å². The van der Waals surface area contributed by atoms with Gasteiger partial charge in [-0.05, 0) is 12.5 Å². The molecule has 1 aromatic rings. The van der Waals surface area contributed by atoms with E-state index in [1.165, 1.54) is 4.90 Å². The first kappa shape index (κ1) is 14.0. The van der Waals surface area contributed by atoms with Crippen molar-refractivity contribution in [2.75, 3.05) is 13.6 Å². The van der Waals surface area contributed by atoms with E-state index >= 15 is 0 Å². The Balaban J connectivity index is 2.46. The predicted octanol–water partition coefficient (Wildman–Crippen LogP) is 1.86. The van der Waals surface area contributed by atoms with Gasteiger partial charge < -0.3 is 15.3 Å². The standard InChI is InChI=1S/C13H18N2O3/c1-10(11-6-4-3-5-7-11)14-13(18)15(2)9-8-12(16)17/h3-7,10H,8-9H2,1-2H3,(H,14,18)(H,16,17)/t10-/m0/s1. The van der Waals surface area contributed by atoms with Crippen LogP contribution in [0.15, 0.2) is 30.3 Å². The first-order valence-electron chi connectivity index (χ1n) is 5.79. The number of carboxylic acid groups (broad SMARTS) is 1. The van der Waals surface area contributed by atoms with Crippen LogP contribution in [0.3, 0.4) is 0 Å². The molecule has 0 spiro atoms. The molecule has 0 saturated heterocycles. The van der Waals surface area contributed by atoms with Crippen LogP contribution in [0.2, 0.25) is 0 Å². The molecular weight excluding hydrogens is 232 g/mol. The molecule has 0 bridgehead atoms. The minimum absolute atomic E-state index is 0.0519. The lowest BCUT2D eigenvalue weighted by atomic mass is 10.1. The molecule has 0 radical (unpaired) electrons. The van der Waals surface area contributed by atoms with Crippen LogP contribution in [-0.2, 0) is 4.79 Å². The van der Waals surface area contributed by atoms with Crippen LogP contribution in [0.25, 0.3) is 0 Å². The SMILES string of the molecule is C[C@H](NC(=O)N(C)CCC(=O)O)c1ccccc1. The van der Waals surface area contributed by atoms with Crippen LogP contribution in [-0.4, -0.2) is 35.6 Å². The monoisotopic (exact) mass is 250 g/mol. The smallest absolute Gasteiger partial charge is 0.317 e. The first-order chi connectivity index (χ1) is 8.50. The van der Waals surface area contributed by atoms with Gasteiger partial charge in [0.15, 0.2) is 0 Å². The number of aliphatic carboxylic acids is 1. The maximum Gasteiger partial charge on any atom is 0.317 e. The Bertz CT molecular complexity index is 406. The zero-order valence-electron chi connectivity index (χ0n) is 10.6. The van der Waals surface area contributed by atoms with Crippen LogP contribution < -0.4 is 5.32 Å². The minimum Gasteiger partial charge on any atom is -0.481 e. The van der Waals surface area contributed by atoms with Crippen molar-refractivity contribution >= 4 is 12.0 Å². The number of carbonyl (C=O) groups is 2. The van der Waals surface area contributed by atoms with Crippen LogP contribution >= 0.6 is 0 Å². The molecule has 5 heteroatoms. The topological polar surface area (TPSA) is 69.6 Å². The number of hydrogen-bond donors (Lipinski definition) is 2. The van der Waals surface area contributed by atoms with Crippen LogP contribution in [0.1, 0.15) is 24.9 Å². The summed E-state index contributed by atoms with van der Waals surface area (Å²) in [6, 6.07) is 9.22. The number of carbonyl (C=O) groups excluding carboxylic acids is 1. The average molecular weight is 250 g/mol. The molecule has 0 aliphatic carbocycles. The van der Waals surface area contributed by atoms with Crippen molar-refractivity contribution in [3.8, 4) is 0 Å². The summed E-state index contributed by atoms with van der Waals surface area (Å²) < 4.78 is 0. The Labute approximate surface area is 106 Å². The predicted molar refractivity (Wildman–Crippen MR) is 68.3 cm³/mol. The molecule has 1 rings (SSSR count). The highest BCUT2D eigenvalue weighted by molar-refractivity contribution is 5.75. The van der Waals surface area contributed by atoms with E-state index in [2.05, 4.69) is 5.32 Å². The van der Waals surface area contributed by atoms with Crippen LogP contribution in [0.4, 0.5) is 4.79 Å². The molecule has 18 heavy (non-hydrogen) atoms. The van der Waals surface area contributed by atoms with Crippen molar-refractivity contribution in [1.82, 2.24) is 10.2 Å². The van der Waals surface area contributed by atoms with Crippen molar-refractivity contribution in [3.05, 3.63) is 35.9 Å². The normalized spacial score (nSPS) is 11.7. The van der Waals surface area contributed by atoms with Gasteiger partial charge in [-0.25, -0.2) is 4.79 Å². The molecule has 0 saturated carbocycles. The summed E-state index contributed by atoms with van der Waals surface area (Å²) in [7, 11) is 1.58. The molecular formula is C13H18N2O3. The van der Waals surface area contributed by atoms with Crippen LogP contribution in [0.5, 0.6) is 0 Å². The van der Waals surface area contributed by atoms with E-state index in [4.69, 9.17) is 5.11 Å². The largest absolute Gasteiger partial charge is 0.481 e. The van der Waals surface area contributed by atoms with E-state index in [1.54, 1.807) is 7.05 Å². The number of urea groups is 1. The van der Waals surface area contributed by atoms with E-state index in [0.717, 1.165) is 5.56 Å². The highest BCUT2D eigenvalue weighted by Crippen LogP contribution is 2.11. The van der Waals surface area contributed by atoms with Gasteiger partial charge in [-0.15, -0.1) is 0 Å². The van der Waals surface area contributed by atoms with E-state index in [1.807, 2.05) is 37.3 Å². The number of hydrogen-bond acceptors (Lipinski definition) is 2. The fourth-order valence-electron chi connectivity index (χ4n) is 1.49. The number of rotatable bonds is 5. The zero-order chi connectivity index (χ0) is 13.5. The molecule has 2 N–H and O–H groups in total. The molecule has 0 aliphatic heterocycles. The summed E-state index contributed by atoms with van der Waals surface area (Å²) in [5.41, 5.74) is 1.01. The second-order valence-electron chi connectivity index (χ2n) is 4.15. The highest BCUT2D eigenvalue weighted by Gasteiger charge is 2.13. The van der Waals surface area contributed by atoms with Crippen molar-refractivity contribution in [1.29, 1.82) is 0 Å². The molecule has 1 aromatic carbocycles. The van der Waals surface area contributed by atoms with E-state index in [0.29, 0.717) is 0 Å². The summed E-state index contributed by atoms with van der Waals surface area (Å²) in [5.74, 6) is -0.911. The van der Waals surface area contributed by atoms with Gasteiger partial charge in [0.25, 0.3) is 0 Å². The molecule has 5 nitrogen and oxygen atoms in total. The number of amides is 2. The van der Waals surface area contributed by atoms with Gasteiger partial charge in [0.2, 0.25) is 0 Å². The molecule has 0 aromatic heterocycles. The Morgan fingerprint density at radius 3 is 2.50 bits per heavy atom. The van der Waals surface area contributed by atoms with Gasteiger partial charge in [0, 0.05) is 13.6 Å². The third-order valence-electron chi connectivity index (χ3n) is 2.65. The summed E-state index contributed by atoms with van der Waals surface area (Å²) in [6.45, 7) is 2.08. The van der Waals surface area contributed by atoms with Crippen LogP contribution in [0, 0.1) is 0 Å². The lowest BCUT2D eigenvalue weighted by molar-refractivity contribution is -0.137. The fraction of sp³-hybridized carbons (Fsp3) is 0.385. The van der Waals surface area contributed by atoms with Gasteiger partial charge in [-0.2, -0.15) is 0 Å². The van der Waals surface area contributed by atoms with Gasteiger partial charge in [-0.1, -0.05) is 30.3 Å². The third-order valence-corrected chi connectivity index (χ3v) is 2.65. The fourth-order valence-corrected chi connectivity index (χ4v) is 1.49. The molecule has 0 heterocycles. The summed E-state index contributed by atoms with van der Waals surface area (Å²) >= 11 is 0. The van der Waals surface area contributed by atoms with Crippen molar-refractivity contribution in [2.45, 2.75) is 19.4 Å². The van der Waals surface area contributed by atoms with Gasteiger partial charge in [0.1, 0.15) is 0 Å². The van der Waals surface area contributed by atoms with Crippen molar-refractivity contribution < 1.29 is 14.7 Å². The quantitative estimate of drug-likeness (QED) is 0.838. The summed E-state index contributed by atoms with van der Waals surface area (Å²) in [5, 5.41) is 11.4. The van der Waals surface area contributed by atoms with Gasteiger partial charge >= 0.3 is 12.0 Å². The number of benzene rings is 1. The summed E-state index contributed by atoms with van der Waals surface area (Å²) in [6.07, 6.45) is -0.0519. The first-order valence-corrected chi connectivity index (χ1v) is 5.79. The van der Waals surface area contributed by atoms with E-state index in [-0.39, 0.29) is 25.0 Å². The highest BCUT2D eigenvalue weighted by atomic mass is 16.4. The van der Waals surface area contributed by atoms with E-state index in [9.17, 15) is 9.59 Å². The van der Waals surface area contributed by atoms with Gasteiger partial charge in [-0.3, -0.25) is 4.79 Å². The molecule has 98 valence electrons. The lowest BCUT2D eigenvalue weighted by Crippen LogP contribution is -2.39. The molecule has 0 fully saturated rings. The molecule has 0 unspecified atom stereocenters.